The van der Waals surface area contributed by atoms with E-state index in [-0.39, 0.29) is 29.7 Å². The van der Waals surface area contributed by atoms with Gasteiger partial charge in [-0.15, -0.1) is 0 Å². The molecule has 0 unspecified atom stereocenters. The third-order valence-corrected chi connectivity index (χ3v) is 6.13. The van der Waals surface area contributed by atoms with Crippen LogP contribution in [0.1, 0.15) is 39.4 Å². The maximum Gasteiger partial charge on any atom is 0.254 e. The van der Waals surface area contributed by atoms with Crippen LogP contribution in [0, 0.1) is 11.7 Å². The first-order valence-corrected chi connectivity index (χ1v) is 10.9. The Balaban J connectivity index is 1.24. The van der Waals surface area contributed by atoms with Crippen LogP contribution in [-0.2, 0) is 17.8 Å². The number of carbonyl (C=O) groups excluding carboxylic acids is 2. The van der Waals surface area contributed by atoms with Gasteiger partial charge < -0.3 is 5.32 Å². The Morgan fingerprint density at radius 1 is 0.939 bits per heavy atom. The van der Waals surface area contributed by atoms with Gasteiger partial charge in [0.2, 0.25) is 0 Å². The number of nitrogens with zero attached hydrogens (tertiary/aromatic N) is 2. The van der Waals surface area contributed by atoms with Crippen molar-refractivity contribution >= 4 is 22.5 Å². The van der Waals surface area contributed by atoms with Crippen molar-refractivity contribution in [3.05, 3.63) is 107 Å². The third kappa shape index (κ3) is 4.65. The molecule has 2 atom stereocenters. The zero-order valence-corrected chi connectivity index (χ0v) is 17.9. The summed E-state index contributed by atoms with van der Waals surface area (Å²) >= 11 is 0. The van der Waals surface area contributed by atoms with E-state index in [4.69, 9.17) is 0 Å². The quantitative estimate of drug-likeness (QED) is 0.456. The van der Waals surface area contributed by atoms with Crippen molar-refractivity contribution in [1.29, 1.82) is 0 Å². The fourth-order valence-electron chi connectivity index (χ4n) is 4.22. The van der Waals surface area contributed by atoms with Gasteiger partial charge in [-0.05, 0) is 58.7 Å². The number of Topliss-reactive ketones (excluding diaryl/α,β-unsaturated/α-hetero) is 1. The van der Waals surface area contributed by atoms with Crippen LogP contribution in [0.2, 0.25) is 0 Å². The smallest absolute Gasteiger partial charge is 0.254 e. The fourth-order valence-corrected chi connectivity index (χ4v) is 4.22. The number of halogens is 1. The summed E-state index contributed by atoms with van der Waals surface area (Å²) in [4.78, 5) is 33.5. The Bertz CT molecular complexity index is 1340. The van der Waals surface area contributed by atoms with Crippen molar-refractivity contribution in [1.82, 2.24) is 15.3 Å². The molecule has 1 fully saturated rings. The maximum atomic E-state index is 14.4. The first-order valence-electron chi connectivity index (χ1n) is 10.9. The van der Waals surface area contributed by atoms with Crippen molar-refractivity contribution in [3.8, 4) is 0 Å². The lowest BCUT2D eigenvalue weighted by molar-refractivity contribution is -0.119. The molecule has 2 heterocycles. The molecule has 1 saturated carbocycles. The van der Waals surface area contributed by atoms with Gasteiger partial charge in [-0.1, -0.05) is 30.3 Å². The van der Waals surface area contributed by atoms with E-state index < -0.39 is 11.7 Å². The van der Waals surface area contributed by atoms with Crippen molar-refractivity contribution in [2.24, 2.45) is 5.92 Å². The number of ketones is 1. The molecule has 1 N–H and O–H groups in total. The fraction of sp³-hybridized carbons (Fsp3) is 0.185. The molecule has 4 aromatic rings. The second-order valence-corrected chi connectivity index (χ2v) is 8.43. The average molecular weight is 439 g/mol. The molecular weight excluding hydrogens is 417 g/mol. The monoisotopic (exact) mass is 439 g/mol. The molecule has 0 bridgehead atoms. The van der Waals surface area contributed by atoms with Gasteiger partial charge in [0.1, 0.15) is 11.6 Å². The molecule has 6 heteroatoms. The van der Waals surface area contributed by atoms with Crippen molar-refractivity contribution < 1.29 is 14.0 Å². The van der Waals surface area contributed by atoms with Gasteiger partial charge in [0.05, 0.1) is 5.56 Å². The number of hydrogen-bond donors (Lipinski definition) is 1. The molecule has 0 radical (unpaired) electrons. The highest BCUT2D eigenvalue weighted by Crippen LogP contribution is 2.48. The summed E-state index contributed by atoms with van der Waals surface area (Å²) in [6, 6.07) is 16.1. The minimum Gasteiger partial charge on any atom is -0.348 e. The number of benzene rings is 2. The summed E-state index contributed by atoms with van der Waals surface area (Å²) in [5.41, 5.74) is 2.63. The lowest BCUT2D eigenvalue weighted by Gasteiger charge is -2.08. The summed E-state index contributed by atoms with van der Waals surface area (Å²) in [6.07, 6.45) is 7.93. The SMILES string of the molecule is O=C(NCc1cccnc1)c1cc([C@@H]2C[C@H]2C(=O)Cc2ccc3cnccc3c2)ccc1F. The van der Waals surface area contributed by atoms with Crippen LogP contribution in [0.3, 0.4) is 0 Å². The van der Waals surface area contributed by atoms with Gasteiger partial charge in [0.15, 0.2) is 0 Å². The van der Waals surface area contributed by atoms with E-state index in [1.807, 2.05) is 30.3 Å². The average Bonchev–Trinajstić information content (AvgIpc) is 3.65. The van der Waals surface area contributed by atoms with Gasteiger partial charge in [-0.3, -0.25) is 19.6 Å². The van der Waals surface area contributed by atoms with Crippen molar-refractivity contribution in [2.75, 3.05) is 0 Å². The van der Waals surface area contributed by atoms with E-state index in [0.29, 0.717) is 6.42 Å². The van der Waals surface area contributed by atoms with Gasteiger partial charge in [0, 0.05) is 49.1 Å². The highest BCUT2D eigenvalue weighted by molar-refractivity contribution is 5.95. The second-order valence-electron chi connectivity index (χ2n) is 8.43. The number of fused-ring (bicyclic) bond motifs is 1. The molecule has 33 heavy (non-hydrogen) atoms. The molecule has 0 saturated heterocycles. The molecular formula is C27H22FN3O2. The number of rotatable bonds is 7. The Kier molecular flexibility index (Phi) is 5.65. The largest absolute Gasteiger partial charge is 0.348 e. The molecule has 0 spiro atoms. The standard InChI is InChI=1S/C27H22FN3O2/c28-25-6-5-20(12-24(25)27(33)31-15-18-2-1-8-29-14-18)22-13-23(22)26(32)11-17-3-4-21-16-30-9-7-19(21)10-17/h1-10,12,14,16,22-23H,11,13,15H2,(H,31,33)/t22-,23+/m0/s1. The van der Waals surface area contributed by atoms with Crippen LogP contribution < -0.4 is 5.32 Å². The summed E-state index contributed by atoms with van der Waals surface area (Å²) in [6.45, 7) is 0.267. The predicted molar refractivity (Wildman–Crippen MR) is 123 cm³/mol. The molecule has 5 nitrogen and oxygen atoms in total. The number of pyridine rings is 2. The highest BCUT2D eigenvalue weighted by Gasteiger charge is 2.43. The zero-order valence-electron chi connectivity index (χ0n) is 17.9. The van der Waals surface area contributed by atoms with Crippen molar-refractivity contribution in [3.63, 3.8) is 0 Å². The molecule has 1 amide bonds. The number of aromatic nitrogens is 2. The Hall–Kier alpha value is -3.93. The summed E-state index contributed by atoms with van der Waals surface area (Å²) in [5, 5.41) is 4.83. The van der Waals surface area contributed by atoms with Crippen LogP contribution in [-0.4, -0.2) is 21.7 Å². The zero-order chi connectivity index (χ0) is 22.8. The van der Waals surface area contributed by atoms with Crippen LogP contribution >= 0.6 is 0 Å². The van der Waals surface area contributed by atoms with Crippen molar-refractivity contribution in [2.45, 2.75) is 25.3 Å². The van der Waals surface area contributed by atoms with Crippen LogP contribution in [0.15, 0.2) is 79.4 Å². The summed E-state index contributed by atoms with van der Waals surface area (Å²) in [5.74, 6) is -0.966. The van der Waals surface area contributed by atoms with E-state index >= 15 is 0 Å². The predicted octanol–water partition coefficient (Wildman–Crippen LogP) is 4.61. The first kappa shape index (κ1) is 20.9. The molecule has 2 aromatic carbocycles. The summed E-state index contributed by atoms with van der Waals surface area (Å²) in [7, 11) is 0. The third-order valence-electron chi connectivity index (χ3n) is 6.13. The van der Waals surface area contributed by atoms with E-state index in [0.717, 1.165) is 33.9 Å². The van der Waals surface area contributed by atoms with Crippen LogP contribution in [0.5, 0.6) is 0 Å². The number of nitrogens with one attached hydrogen (secondary N) is 1. The van der Waals surface area contributed by atoms with E-state index in [1.165, 1.54) is 6.07 Å². The Morgan fingerprint density at radius 2 is 1.82 bits per heavy atom. The highest BCUT2D eigenvalue weighted by atomic mass is 19.1. The number of amides is 1. The molecule has 5 rings (SSSR count). The van der Waals surface area contributed by atoms with E-state index in [1.54, 1.807) is 43.0 Å². The van der Waals surface area contributed by atoms with Gasteiger partial charge >= 0.3 is 0 Å². The van der Waals surface area contributed by atoms with Gasteiger partial charge in [0.25, 0.3) is 5.91 Å². The molecule has 2 aromatic heterocycles. The van der Waals surface area contributed by atoms with E-state index in [9.17, 15) is 14.0 Å². The minimum absolute atomic E-state index is 0.00220. The normalized spacial score (nSPS) is 17.0. The lowest BCUT2D eigenvalue weighted by Crippen LogP contribution is -2.24. The molecule has 164 valence electrons. The molecule has 0 aliphatic heterocycles. The minimum atomic E-state index is -0.573. The first-order chi connectivity index (χ1) is 16.1. The van der Waals surface area contributed by atoms with Gasteiger partial charge in [-0.25, -0.2) is 4.39 Å². The van der Waals surface area contributed by atoms with Crippen LogP contribution in [0.4, 0.5) is 4.39 Å². The Morgan fingerprint density at radius 3 is 2.67 bits per heavy atom. The van der Waals surface area contributed by atoms with E-state index in [2.05, 4.69) is 15.3 Å². The second kappa shape index (κ2) is 8.90. The molecule has 1 aliphatic carbocycles. The Labute approximate surface area is 190 Å². The maximum absolute atomic E-state index is 14.4. The topological polar surface area (TPSA) is 72.0 Å². The number of hydrogen-bond acceptors (Lipinski definition) is 4. The molecule has 1 aliphatic rings. The number of carbonyl (C=O) groups is 2. The lowest BCUT2D eigenvalue weighted by atomic mass is 9.99. The van der Waals surface area contributed by atoms with Gasteiger partial charge in [-0.2, -0.15) is 0 Å². The van der Waals surface area contributed by atoms with Crippen LogP contribution in [0.25, 0.3) is 10.8 Å². The summed E-state index contributed by atoms with van der Waals surface area (Å²) < 4.78 is 14.4.